The molecule has 2 heterocycles. The lowest BCUT2D eigenvalue weighted by molar-refractivity contribution is 0.797. The molecule has 0 unspecified atom stereocenters. The molecule has 0 fully saturated rings. The Bertz CT molecular complexity index is 756. The molecule has 102 valence electrons. The number of fused-ring (bicyclic) bond motifs is 1. The molecule has 1 aromatic carbocycles. The average molecular weight is 265 g/mol. The maximum atomic E-state index is 4.75. The summed E-state index contributed by atoms with van der Waals surface area (Å²) in [7, 11) is 0. The second-order valence-electron chi connectivity index (χ2n) is 5.05. The van der Waals surface area contributed by atoms with E-state index in [4.69, 9.17) is 5.10 Å². The number of pyridine rings is 1. The van der Waals surface area contributed by atoms with Crippen molar-refractivity contribution in [2.24, 2.45) is 0 Å². The van der Waals surface area contributed by atoms with Crippen molar-refractivity contribution in [3.8, 4) is 5.69 Å². The minimum Gasteiger partial charge on any atom is -0.253 e. The summed E-state index contributed by atoms with van der Waals surface area (Å²) in [6.45, 7) is 6.34. The monoisotopic (exact) mass is 265 g/mol. The van der Waals surface area contributed by atoms with E-state index >= 15 is 0 Å². The first-order valence-electron chi connectivity index (χ1n) is 7.17. The first-order valence-corrected chi connectivity index (χ1v) is 7.17. The van der Waals surface area contributed by atoms with Crippen LogP contribution in [0.25, 0.3) is 16.6 Å². The second-order valence-corrected chi connectivity index (χ2v) is 5.05. The number of aromatic nitrogens is 3. The molecule has 3 heteroatoms. The molecule has 0 aliphatic heterocycles. The van der Waals surface area contributed by atoms with E-state index in [0.717, 1.165) is 40.8 Å². The summed E-state index contributed by atoms with van der Waals surface area (Å²) in [5, 5.41) is 5.90. The molecule has 0 bridgehead atoms. The summed E-state index contributed by atoms with van der Waals surface area (Å²) in [6.07, 6.45) is 1.94. The molecule has 0 aliphatic carbocycles. The molecule has 2 aromatic heterocycles. The third kappa shape index (κ3) is 2.09. The highest BCUT2D eigenvalue weighted by Gasteiger charge is 2.11. The highest BCUT2D eigenvalue weighted by molar-refractivity contribution is 5.87. The quantitative estimate of drug-likeness (QED) is 0.720. The van der Waals surface area contributed by atoms with E-state index in [1.807, 2.05) is 13.0 Å². The molecule has 3 aromatic rings. The molecule has 0 saturated heterocycles. The van der Waals surface area contributed by atoms with Crippen molar-refractivity contribution in [3.63, 3.8) is 0 Å². The van der Waals surface area contributed by atoms with Crippen LogP contribution in [0.2, 0.25) is 0 Å². The largest absolute Gasteiger partial charge is 0.253 e. The number of aryl methyl sites for hydroxylation is 3. The van der Waals surface area contributed by atoms with Gasteiger partial charge in [0.1, 0.15) is 0 Å². The SMILES string of the molecule is CCc1cc(CC)n(-c2cc(C)nc3ccccc23)n1. The van der Waals surface area contributed by atoms with E-state index in [2.05, 4.69) is 53.8 Å². The van der Waals surface area contributed by atoms with E-state index in [0.29, 0.717) is 0 Å². The normalized spacial score (nSPS) is 11.2. The van der Waals surface area contributed by atoms with E-state index < -0.39 is 0 Å². The van der Waals surface area contributed by atoms with Crippen molar-refractivity contribution in [1.82, 2.24) is 14.8 Å². The van der Waals surface area contributed by atoms with Gasteiger partial charge in [0.25, 0.3) is 0 Å². The van der Waals surface area contributed by atoms with E-state index in [1.165, 1.54) is 5.69 Å². The zero-order chi connectivity index (χ0) is 14.1. The van der Waals surface area contributed by atoms with Crippen LogP contribution in [0, 0.1) is 6.92 Å². The fraction of sp³-hybridized carbons (Fsp3) is 0.294. The molecule has 0 radical (unpaired) electrons. The summed E-state index contributed by atoms with van der Waals surface area (Å²) < 4.78 is 2.08. The van der Waals surface area contributed by atoms with E-state index in [1.54, 1.807) is 0 Å². The number of hydrogen-bond donors (Lipinski definition) is 0. The van der Waals surface area contributed by atoms with Crippen LogP contribution in [0.3, 0.4) is 0 Å². The van der Waals surface area contributed by atoms with Crippen LogP contribution in [0.1, 0.15) is 30.9 Å². The van der Waals surface area contributed by atoms with Gasteiger partial charge in [-0.2, -0.15) is 5.10 Å². The van der Waals surface area contributed by atoms with Gasteiger partial charge in [-0.3, -0.25) is 4.98 Å². The molecule has 0 saturated carbocycles. The molecule has 0 atom stereocenters. The summed E-state index contributed by atoms with van der Waals surface area (Å²) in [5.74, 6) is 0. The van der Waals surface area contributed by atoms with Crippen LogP contribution in [-0.2, 0) is 12.8 Å². The van der Waals surface area contributed by atoms with Gasteiger partial charge in [-0.1, -0.05) is 32.0 Å². The van der Waals surface area contributed by atoms with Crippen LogP contribution in [0.4, 0.5) is 0 Å². The number of rotatable bonds is 3. The fourth-order valence-corrected chi connectivity index (χ4v) is 2.57. The molecule has 0 spiro atoms. The number of hydrogen-bond acceptors (Lipinski definition) is 2. The Hall–Kier alpha value is -2.16. The fourth-order valence-electron chi connectivity index (χ4n) is 2.57. The van der Waals surface area contributed by atoms with Gasteiger partial charge in [0.05, 0.1) is 16.9 Å². The third-order valence-corrected chi connectivity index (χ3v) is 3.61. The first kappa shape index (κ1) is 12.9. The van der Waals surface area contributed by atoms with Gasteiger partial charge >= 0.3 is 0 Å². The highest BCUT2D eigenvalue weighted by Crippen LogP contribution is 2.23. The molecular weight excluding hydrogens is 246 g/mol. The number of para-hydroxylation sites is 1. The number of nitrogens with zero attached hydrogens (tertiary/aromatic N) is 3. The predicted molar refractivity (Wildman–Crippen MR) is 82.4 cm³/mol. The van der Waals surface area contributed by atoms with Crippen molar-refractivity contribution in [2.75, 3.05) is 0 Å². The molecule has 0 aliphatic rings. The van der Waals surface area contributed by atoms with Gasteiger partial charge in [0, 0.05) is 16.8 Å². The topological polar surface area (TPSA) is 30.7 Å². The number of benzene rings is 1. The van der Waals surface area contributed by atoms with Gasteiger partial charge in [0.15, 0.2) is 0 Å². The lowest BCUT2D eigenvalue weighted by Crippen LogP contribution is -2.04. The lowest BCUT2D eigenvalue weighted by Gasteiger charge is -2.10. The van der Waals surface area contributed by atoms with Crippen molar-refractivity contribution in [3.05, 3.63) is 53.5 Å². The molecule has 0 amide bonds. The Labute approximate surface area is 119 Å². The van der Waals surface area contributed by atoms with Crippen LogP contribution in [-0.4, -0.2) is 14.8 Å². The molecule has 3 nitrogen and oxygen atoms in total. The van der Waals surface area contributed by atoms with Gasteiger partial charge in [-0.05, 0) is 38.0 Å². The summed E-state index contributed by atoms with van der Waals surface area (Å²) in [5.41, 5.74) is 5.56. The Morgan fingerprint density at radius 1 is 1.05 bits per heavy atom. The Balaban J connectivity index is 2.31. The Morgan fingerprint density at radius 2 is 1.85 bits per heavy atom. The van der Waals surface area contributed by atoms with Gasteiger partial charge in [-0.25, -0.2) is 4.68 Å². The standard InChI is InChI=1S/C17H19N3/c1-4-13-11-14(5-2)20(19-13)17-10-12(3)18-16-9-7-6-8-15(16)17/h6-11H,4-5H2,1-3H3. The molecule has 20 heavy (non-hydrogen) atoms. The predicted octanol–water partition coefficient (Wildman–Crippen LogP) is 3.85. The van der Waals surface area contributed by atoms with Crippen LogP contribution < -0.4 is 0 Å². The zero-order valence-corrected chi connectivity index (χ0v) is 12.2. The van der Waals surface area contributed by atoms with Crippen molar-refractivity contribution < 1.29 is 0 Å². The van der Waals surface area contributed by atoms with Crippen molar-refractivity contribution in [1.29, 1.82) is 0 Å². The van der Waals surface area contributed by atoms with Crippen LogP contribution in [0.5, 0.6) is 0 Å². The Morgan fingerprint density at radius 3 is 2.60 bits per heavy atom. The molecular formula is C17H19N3. The van der Waals surface area contributed by atoms with E-state index in [-0.39, 0.29) is 0 Å². The van der Waals surface area contributed by atoms with Gasteiger partial charge in [0.2, 0.25) is 0 Å². The van der Waals surface area contributed by atoms with E-state index in [9.17, 15) is 0 Å². The smallest absolute Gasteiger partial charge is 0.0760 e. The van der Waals surface area contributed by atoms with Gasteiger partial charge in [-0.15, -0.1) is 0 Å². The minimum absolute atomic E-state index is 0.960. The maximum absolute atomic E-state index is 4.75. The average Bonchev–Trinajstić information content (AvgIpc) is 2.89. The van der Waals surface area contributed by atoms with Crippen molar-refractivity contribution in [2.45, 2.75) is 33.6 Å². The zero-order valence-electron chi connectivity index (χ0n) is 12.2. The van der Waals surface area contributed by atoms with Crippen LogP contribution >= 0.6 is 0 Å². The summed E-state index contributed by atoms with van der Waals surface area (Å²) >= 11 is 0. The second kappa shape index (κ2) is 5.08. The van der Waals surface area contributed by atoms with Crippen LogP contribution in [0.15, 0.2) is 36.4 Å². The minimum atomic E-state index is 0.960. The maximum Gasteiger partial charge on any atom is 0.0760 e. The lowest BCUT2D eigenvalue weighted by atomic mass is 10.1. The highest BCUT2D eigenvalue weighted by atomic mass is 15.3. The molecule has 3 rings (SSSR count). The van der Waals surface area contributed by atoms with Crippen molar-refractivity contribution >= 4 is 10.9 Å². The summed E-state index contributed by atoms with van der Waals surface area (Å²) in [6, 6.07) is 12.6. The molecule has 0 N–H and O–H groups in total. The summed E-state index contributed by atoms with van der Waals surface area (Å²) in [4.78, 5) is 4.60. The van der Waals surface area contributed by atoms with Gasteiger partial charge < -0.3 is 0 Å². The third-order valence-electron chi connectivity index (χ3n) is 3.61. The Kier molecular flexibility index (Phi) is 3.26. The first-order chi connectivity index (χ1) is 9.72.